The van der Waals surface area contributed by atoms with Crippen LogP contribution in [0, 0.1) is 0 Å². The Kier molecular flexibility index (Phi) is 3.67. The van der Waals surface area contributed by atoms with Gasteiger partial charge in [-0.25, -0.2) is 0 Å². The van der Waals surface area contributed by atoms with Crippen LogP contribution >= 0.6 is 0 Å². The van der Waals surface area contributed by atoms with E-state index in [2.05, 4.69) is 0 Å². The standard InChI is InChI=1S/2C6H6O.Al/c2*7-6-4-2-1-3-5-6;/h2*1-5,7H;/q;;+3/p-2. The van der Waals surface area contributed by atoms with Gasteiger partial charge in [0.25, 0.3) is 0 Å². The zero-order valence-electron chi connectivity index (χ0n) is 8.17. The van der Waals surface area contributed by atoms with Crippen molar-refractivity contribution in [2.45, 2.75) is 0 Å². The van der Waals surface area contributed by atoms with Gasteiger partial charge in [0.05, 0.1) is 0 Å². The van der Waals surface area contributed by atoms with E-state index in [1.807, 2.05) is 60.7 Å². The first-order valence-electron chi connectivity index (χ1n) is 4.70. The average Bonchev–Trinajstić information content (AvgIpc) is 2.32. The quantitative estimate of drug-likeness (QED) is 0.727. The summed E-state index contributed by atoms with van der Waals surface area (Å²) >= 11 is -0.499. The van der Waals surface area contributed by atoms with E-state index in [-0.39, 0.29) is 0 Å². The van der Waals surface area contributed by atoms with E-state index in [0.717, 1.165) is 11.5 Å². The zero-order chi connectivity index (χ0) is 10.3. The maximum atomic E-state index is 5.47. The third-order valence-corrected chi connectivity index (χ3v) is 2.59. The molecule has 2 aromatic rings. The Morgan fingerprint density at radius 3 is 1.40 bits per heavy atom. The minimum absolute atomic E-state index is 0.499. The van der Waals surface area contributed by atoms with Crippen LogP contribution < -0.4 is 7.58 Å². The number of rotatable bonds is 4. The molecular weight excluding hydrogens is 203 g/mol. The van der Waals surface area contributed by atoms with Crippen LogP contribution in [0.1, 0.15) is 0 Å². The van der Waals surface area contributed by atoms with Crippen LogP contribution in [-0.2, 0) is 0 Å². The summed E-state index contributed by atoms with van der Waals surface area (Å²) in [4.78, 5) is 0. The molecular formula is C12H10AlO2+. The number of benzene rings is 2. The maximum absolute atomic E-state index is 5.47. The SMILES string of the molecule is c1ccc([O][Al+][O]c2ccccc2)cc1. The average molecular weight is 213 g/mol. The molecule has 0 N–H and O–H groups in total. The second-order valence-corrected chi connectivity index (χ2v) is 3.62. The molecule has 2 rings (SSSR count). The summed E-state index contributed by atoms with van der Waals surface area (Å²) in [6.07, 6.45) is 0. The molecule has 0 fully saturated rings. The number of para-hydroxylation sites is 2. The fourth-order valence-corrected chi connectivity index (χ4v) is 1.72. The van der Waals surface area contributed by atoms with Crippen LogP contribution in [0.15, 0.2) is 60.7 Å². The molecule has 15 heavy (non-hydrogen) atoms. The third-order valence-electron chi connectivity index (χ3n) is 1.85. The van der Waals surface area contributed by atoms with Crippen molar-refractivity contribution in [3.8, 4) is 11.5 Å². The molecule has 0 saturated carbocycles. The van der Waals surface area contributed by atoms with Gasteiger partial charge in [0.15, 0.2) is 0 Å². The van der Waals surface area contributed by atoms with E-state index in [9.17, 15) is 0 Å². The molecule has 0 atom stereocenters. The Bertz CT molecular complexity index is 349. The summed E-state index contributed by atoms with van der Waals surface area (Å²) < 4.78 is 10.9. The van der Waals surface area contributed by atoms with Crippen LogP contribution in [-0.4, -0.2) is 15.9 Å². The molecule has 0 unspecified atom stereocenters. The normalized spacial score (nSPS) is 9.07. The predicted octanol–water partition coefficient (Wildman–Crippen LogP) is 2.68. The number of hydrogen-bond acceptors (Lipinski definition) is 2. The molecule has 0 amide bonds. The van der Waals surface area contributed by atoms with Crippen LogP contribution in [0.4, 0.5) is 0 Å². The van der Waals surface area contributed by atoms with Crippen molar-refractivity contribution in [3.05, 3.63) is 60.7 Å². The van der Waals surface area contributed by atoms with Crippen LogP contribution in [0.25, 0.3) is 0 Å². The first kappa shape index (κ1) is 10.1. The van der Waals surface area contributed by atoms with E-state index in [0.29, 0.717) is 0 Å². The Balaban J connectivity index is 1.81. The van der Waals surface area contributed by atoms with Crippen molar-refractivity contribution in [3.63, 3.8) is 0 Å². The Morgan fingerprint density at radius 1 is 0.600 bits per heavy atom. The van der Waals surface area contributed by atoms with Gasteiger partial charge in [0.2, 0.25) is 0 Å². The summed E-state index contributed by atoms with van der Waals surface area (Å²) in [7, 11) is 0. The fraction of sp³-hybridized carbons (Fsp3) is 0. The van der Waals surface area contributed by atoms with Crippen molar-refractivity contribution in [2.24, 2.45) is 0 Å². The Morgan fingerprint density at radius 2 is 1.00 bits per heavy atom. The van der Waals surface area contributed by atoms with E-state index in [1.165, 1.54) is 0 Å². The predicted molar refractivity (Wildman–Crippen MR) is 59.9 cm³/mol. The van der Waals surface area contributed by atoms with E-state index < -0.39 is 15.9 Å². The van der Waals surface area contributed by atoms with Gasteiger partial charge in [-0.05, 0) is 0 Å². The fourth-order valence-electron chi connectivity index (χ4n) is 1.13. The minimum atomic E-state index is -0.499. The van der Waals surface area contributed by atoms with Gasteiger partial charge >= 0.3 is 95.6 Å². The van der Waals surface area contributed by atoms with Crippen molar-refractivity contribution >= 4 is 15.9 Å². The zero-order valence-corrected chi connectivity index (χ0v) is 9.32. The molecule has 0 aromatic heterocycles. The molecule has 0 heterocycles. The van der Waals surface area contributed by atoms with Gasteiger partial charge in [0, 0.05) is 0 Å². The summed E-state index contributed by atoms with van der Waals surface area (Å²) in [6, 6.07) is 19.4. The third kappa shape index (κ3) is 3.32. The monoisotopic (exact) mass is 213 g/mol. The molecule has 3 heteroatoms. The van der Waals surface area contributed by atoms with Crippen molar-refractivity contribution in [2.75, 3.05) is 0 Å². The molecule has 0 aliphatic carbocycles. The molecule has 72 valence electrons. The molecule has 0 spiro atoms. The molecule has 2 nitrogen and oxygen atoms in total. The van der Waals surface area contributed by atoms with Gasteiger partial charge < -0.3 is 0 Å². The molecule has 0 saturated heterocycles. The van der Waals surface area contributed by atoms with Gasteiger partial charge in [-0.2, -0.15) is 0 Å². The Labute approximate surface area is 95.8 Å². The summed E-state index contributed by atoms with van der Waals surface area (Å²) in [5.74, 6) is 1.70. The van der Waals surface area contributed by atoms with E-state index in [1.54, 1.807) is 0 Å². The Hall–Kier alpha value is -1.43. The molecule has 0 aliphatic heterocycles. The molecule has 0 aliphatic rings. The summed E-state index contributed by atoms with van der Waals surface area (Å²) in [5.41, 5.74) is 0. The molecule has 2 aromatic carbocycles. The summed E-state index contributed by atoms with van der Waals surface area (Å²) in [6.45, 7) is 0. The van der Waals surface area contributed by atoms with Crippen molar-refractivity contribution in [1.82, 2.24) is 0 Å². The summed E-state index contributed by atoms with van der Waals surface area (Å²) in [5, 5.41) is 0. The second kappa shape index (κ2) is 5.45. The topological polar surface area (TPSA) is 18.5 Å². The van der Waals surface area contributed by atoms with Crippen LogP contribution in [0.3, 0.4) is 0 Å². The first-order valence-corrected chi connectivity index (χ1v) is 5.64. The van der Waals surface area contributed by atoms with Crippen molar-refractivity contribution < 1.29 is 7.58 Å². The van der Waals surface area contributed by atoms with Gasteiger partial charge in [-0.15, -0.1) is 0 Å². The first-order chi connectivity index (χ1) is 7.45. The number of hydrogen-bond donors (Lipinski definition) is 0. The van der Waals surface area contributed by atoms with Gasteiger partial charge in [0.1, 0.15) is 0 Å². The molecule has 0 radical (unpaired) electrons. The molecule has 0 bridgehead atoms. The van der Waals surface area contributed by atoms with Gasteiger partial charge in [-0.1, -0.05) is 0 Å². The van der Waals surface area contributed by atoms with Crippen LogP contribution in [0.5, 0.6) is 11.5 Å². The van der Waals surface area contributed by atoms with Crippen LogP contribution in [0.2, 0.25) is 0 Å². The van der Waals surface area contributed by atoms with Gasteiger partial charge in [-0.3, -0.25) is 0 Å². The second-order valence-electron chi connectivity index (χ2n) is 2.96. The van der Waals surface area contributed by atoms with Crippen molar-refractivity contribution in [1.29, 1.82) is 0 Å². The van der Waals surface area contributed by atoms with E-state index >= 15 is 0 Å². The van der Waals surface area contributed by atoms with E-state index in [4.69, 9.17) is 7.58 Å².